The lowest BCUT2D eigenvalue weighted by Gasteiger charge is -2.39. The van der Waals surface area contributed by atoms with Crippen LogP contribution in [0, 0.1) is 11.5 Å². The van der Waals surface area contributed by atoms with Crippen LogP contribution in [0.4, 0.5) is 4.79 Å². The Kier molecular flexibility index (Phi) is 6.55. The summed E-state index contributed by atoms with van der Waals surface area (Å²) in [5, 5.41) is 8.89. The van der Waals surface area contributed by atoms with E-state index in [9.17, 15) is 9.59 Å². The highest BCUT2D eigenvalue weighted by Crippen LogP contribution is 2.23. The summed E-state index contributed by atoms with van der Waals surface area (Å²) in [5.74, 6) is -0.590. The lowest BCUT2D eigenvalue weighted by Crippen LogP contribution is -2.53. The molecule has 2 unspecified atom stereocenters. The number of ether oxygens (including phenoxy) is 1. The van der Waals surface area contributed by atoms with Gasteiger partial charge in [-0.05, 0) is 37.1 Å². The third-order valence-corrected chi connectivity index (χ3v) is 4.11. The number of carbonyl (C=O) groups is 2. The second-order valence-corrected chi connectivity index (χ2v) is 5.86. The molecule has 1 saturated heterocycles. The van der Waals surface area contributed by atoms with Gasteiger partial charge in [0.15, 0.2) is 0 Å². The van der Waals surface area contributed by atoms with Crippen LogP contribution in [-0.2, 0) is 21.0 Å². The number of nitrogens with zero attached hydrogens (tertiary/aromatic N) is 3. The second-order valence-electron chi connectivity index (χ2n) is 5.54. The van der Waals surface area contributed by atoms with E-state index >= 15 is 0 Å². The molecule has 8 heteroatoms. The van der Waals surface area contributed by atoms with Crippen molar-refractivity contribution in [3.05, 3.63) is 35.9 Å². The fourth-order valence-electron chi connectivity index (χ4n) is 2.74. The standard InChI is InChI=1S/C16H18ClN3O4/c1-19-9-13(7-8-14(19)15(21)23-11-18)20(16(17)22)24-10-12-5-3-2-4-6-12/h2-6,13-14H,7-10H2,1H3. The summed E-state index contributed by atoms with van der Waals surface area (Å²) in [6.07, 6.45) is 2.35. The Bertz CT molecular complexity index is 619. The summed E-state index contributed by atoms with van der Waals surface area (Å²) >= 11 is 5.65. The molecule has 1 fully saturated rings. The molecule has 7 nitrogen and oxygen atoms in total. The van der Waals surface area contributed by atoms with E-state index < -0.39 is 17.4 Å². The summed E-state index contributed by atoms with van der Waals surface area (Å²) in [6, 6.07) is 8.63. The average molecular weight is 352 g/mol. The smallest absolute Gasteiger partial charge is 0.340 e. The van der Waals surface area contributed by atoms with Crippen molar-refractivity contribution in [3.8, 4) is 6.26 Å². The zero-order chi connectivity index (χ0) is 17.5. The Morgan fingerprint density at radius 2 is 2.08 bits per heavy atom. The van der Waals surface area contributed by atoms with E-state index in [0.717, 1.165) is 10.6 Å². The van der Waals surface area contributed by atoms with Gasteiger partial charge in [0.05, 0.1) is 6.04 Å². The van der Waals surface area contributed by atoms with Crippen LogP contribution in [0.15, 0.2) is 30.3 Å². The van der Waals surface area contributed by atoms with Crippen molar-refractivity contribution in [3.63, 3.8) is 0 Å². The largest absolute Gasteiger partial charge is 0.350 e. The van der Waals surface area contributed by atoms with Gasteiger partial charge in [0.2, 0.25) is 0 Å². The van der Waals surface area contributed by atoms with Crippen LogP contribution in [0.25, 0.3) is 0 Å². The maximum Gasteiger partial charge on any atom is 0.340 e. The van der Waals surface area contributed by atoms with E-state index in [2.05, 4.69) is 4.74 Å². The fraction of sp³-hybridized carbons (Fsp3) is 0.438. The van der Waals surface area contributed by atoms with Crippen molar-refractivity contribution in [2.24, 2.45) is 0 Å². The Balaban J connectivity index is 1.96. The molecule has 1 aromatic carbocycles. The van der Waals surface area contributed by atoms with Crippen molar-refractivity contribution in [2.75, 3.05) is 13.6 Å². The van der Waals surface area contributed by atoms with Crippen LogP contribution >= 0.6 is 11.6 Å². The van der Waals surface area contributed by atoms with Crippen molar-refractivity contribution in [2.45, 2.75) is 31.5 Å². The van der Waals surface area contributed by atoms with Crippen molar-refractivity contribution in [1.82, 2.24) is 9.96 Å². The zero-order valence-corrected chi connectivity index (χ0v) is 14.0. The van der Waals surface area contributed by atoms with Crippen molar-refractivity contribution < 1.29 is 19.2 Å². The van der Waals surface area contributed by atoms with Crippen molar-refractivity contribution in [1.29, 1.82) is 5.26 Å². The molecule has 1 aromatic rings. The number of esters is 1. The number of hydroxylamine groups is 2. The molecular formula is C16H18ClN3O4. The van der Waals surface area contributed by atoms with Gasteiger partial charge < -0.3 is 4.74 Å². The number of hydrogen-bond donors (Lipinski definition) is 0. The van der Waals surface area contributed by atoms with Gasteiger partial charge in [-0.3, -0.25) is 14.5 Å². The highest BCUT2D eigenvalue weighted by molar-refractivity contribution is 6.62. The molecule has 128 valence electrons. The number of amides is 1. The first-order valence-electron chi connectivity index (χ1n) is 7.48. The van der Waals surface area contributed by atoms with Crippen LogP contribution in [0.5, 0.6) is 0 Å². The Labute approximate surface area is 145 Å². The highest BCUT2D eigenvalue weighted by Gasteiger charge is 2.36. The quantitative estimate of drug-likeness (QED) is 0.266. The van der Waals surface area contributed by atoms with E-state index in [4.69, 9.17) is 21.7 Å². The zero-order valence-electron chi connectivity index (χ0n) is 13.2. The molecule has 1 aliphatic rings. The van der Waals surface area contributed by atoms with Crippen LogP contribution in [0.3, 0.4) is 0 Å². The number of rotatable bonds is 5. The van der Waals surface area contributed by atoms with E-state index in [1.165, 1.54) is 6.26 Å². The summed E-state index contributed by atoms with van der Waals surface area (Å²) < 4.78 is 4.39. The Morgan fingerprint density at radius 1 is 1.38 bits per heavy atom. The molecule has 1 amide bonds. The molecular weight excluding hydrogens is 334 g/mol. The maximum absolute atomic E-state index is 11.7. The SMILES string of the molecule is CN1CC(N(OCc2ccccc2)C(=O)Cl)CCC1C(=O)OC#N. The number of carbonyl (C=O) groups excluding carboxylic acids is 2. The van der Waals surface area contributed by atoms with Crippen LogP contribution in [-0.4, -0.2) is 47.0 Å². The number of likely N-dealkylation sites (N-methyl/N-ethyl adjacent to an activating group) is 1. The number of nitriles is 1. The Morgan fingerprint density at radius 3 is 2.67 bits per heavy atom. The van der Waals surface area contributed by atoms with E-state index in [1.807, 2.05) is 30.3 Å². The normalized spacial score (nSPS) is 20.9. The molecule has 0 N–H and O–H groups in total. The van der Waals surface area contributed by atoms with Gasteiger partial charge in [-0.1, -0.05) is 30.3 Å². The van der Waals surface area contributed by atoms with E-state index in [1.54, 1.807) is 11.9 Å². The summed E-state index contributed by atoms with van der Waals surface area (Å²) in [6.45, 7) is 0.609. The van der Waals surface area contributed by atoms with Gasteiger partial charge in [0.25, 0.3) is 6.26 Å². The minimum Gasteiger partial charge on any atom is -0.350 e. The fourth-order valence-corrected chi connectivity index (χ4v) is 2.93. The van der Waals surface area contributed by atoms with Crippen molar-refractivity contribution >= 4 is 22.9 Å². The predicted octanol–water partition coefficient (Wildman–Crippen LogP) is 2.27. The number of benzene rings is 1. The first-order chi connectivity index (χ1) is 11.5. The molecule has 0 radical (unpaired) electrons. The molecule has 1 heterocycles. The van der Waals surface area contributed by atoms with Gasteiger partial charge in [0, 0.05) is 6.54 Å². The van der Waals surface area contributed by atoms with Gasteiger partial charge in [-0.25, -0.2) is 9.86 Å². The monoisotopic (exact) mass is 351 g/mol. The number of hydrogen-bond acceptors (Lipinski definition) is 6. The third kappa shape index (κ3) is 4.68. The van der Waals surface area contributed by atoms with Crippen LogP contribution in [0.2, 0.25) is 0 Å². The molecule has 0 spiro atoms. The third-order valence-electron chi connectivity index (χ3n) is 3.94. The summed E-state index contributed by atoms with van der Waals surface area (Å²) in [7, 11) is 1.73. The molecule has 0 aromatic heterocycles. The highest BCUT2D eigenvalue weighted by atomic mass is 35.5. The lowest BCUT2D eigenvalue weighted by molar-refractivity contribution is -0.165. The minimum absolute atomic E-state index is 0.222. The van der Waals surface area contributed by atoms with Crippen LogP contribution in [0.1, 0.15) is 18.4 Å². The van der Waals surface area contributed by atoms with Crippen LogP contribution < -0.4 is 0 Å². The predicted molar refractivity (Wildman–Crippen MR) is 85.5 cm³/mol. The molecule has 0 bridgehead atoms. The minimum atomic E-state index is -0.706. The number of likely N-dealkylation sites (tertiary alicyclic amines) is 1. The molecule has 0 saturated carbocycles. The number of piperidine rings is 1. The molecule has 2 rings (SSSR count). The second kappa shape index (κ2) is 8.64. The lowest BCUT2D eigenvalue weighted by atomic mass is 9.99. The first kappa shape index (κ1) is 18.2. The van der Waals surface area contributed by atoms with E-state index in [-0.39, 0.29) is 12.6 Å². The molecule has 24 heavy (non-hydrogen) atoms. The topological polar surface area (TPSA) is 82.9 Å². The number of halogens is 1. The summed E-state index contributed by atoms with van der Waals surface area (Å²) in [5.41, 5.74) is 0.917. The maximum atomic E-state index is 11.7. The van der Waals surface area contributed by atoms with Gasteiger partial charge >= 0.3 is 11.3 Å². The first-order valence-corrected chi connectivity index (χ1v) is 7.86. The van der Waals surface area contributed by atoms with Gasteiger partial charge in [-0.2, -0.15) is 0 Å². The molecule has 0 aliphatic carbocycles. The molecule has 1 aliphatic heterocycles. The van der Waals surface area contributed by atoms with Gasteiger partial charge in [-0.15, -0.1) is 5.26 Å². The molecule has 2 atom stereocenters. The summed E-state index contributed by atoms with van der Waals surface area (Å²) in [4.78, 5) is 30.7. The van der Waals surface area contributed by atoms with E-state index in [0.29, 0.717) is 19.4 Å². The average Bonchev–Trinajstić information content (AvgIpc) is 2.56. The van der Waals surface area contributed by atoms with Gasteiger partial charge in [0.1, 0.15) is 12.6 Å². The Hall–Kier alpha value is -2.14.